The molecule has 0 aliphatic rings. The SMILES string of the molecule is CC(C)c1nc(-c2ccc(C(F)(F)F)cc2)sc1[C@H](C)CCc1cccc(CC(=O)O)c1. The third-order valence-electron chi connectivity index (χ3n) is 5.35. The largest absolute Gasteiger partial charge is 0.481 e. The summed E-state index contributed by atoms with van der Waals surface area (Å²) in [6.45, 7) is 6.27. The standard InChI is InChI=1S/C25H26F3NO2S/c1-15(2)22-23(16(3)7-8-17-5-4-6-18(13-17)14-21(30)31)32-24(29-22)19-9-11-20(12-10-19)25(26,27)28/h4-6,9-13,15-16H,7-8,14H2,1-3H3,(H,30,31)/t16-/m1/s1. The molecule has 0 bridgehead atoms. The Kier molecular flexibility index (Phi) is 7.39. The maximum Gasteiger partial charge on any atom is 0.416 e. The molecular formula is C25H26F3NO2S. The number of benzene rings is 2. The Bertz CT molecular complexity index is 1070. The van der Waals surface area contributed by atoms with Crippen molar-refractivity contribution in [3.8, 4) is 10.6 Å². The molecule has 0 radical (unpaired) electrons. The van der Waals surface area contributed by atoms with Crippen molar-refractivity contribution in [3.63, 3.8) is 0 Å². The van der Waals surface area contributed by atoms with E-state index in [0.29, 0.717) is 5.56 Å². The van der Waals surface area contributed by atoms with E-state index < -0.39 is 17.7 Å². The summed E-state index contributed by atoms with van der Waals surface area (Å²) in [6, 6.07) is 12.8. The highest BCUT2D eigenvalue weighted by molar-refractivity contribution is 7.15. The fourth-order valence-electron chi connectivity index (χ4n) is 3.62. The Morgan fingerprint density at radius 3 is 2.31 bits per heavy atom. The molecule has 0 aliphatic heterocycles. The molecule has 0 unspecified atom stereocenters. The minimum Gasteiger partial charge on any atom is -0.481 e. The number of hydrogen-bond acceptors (Lipinski definition) is 3. The van der Waals surface area contributed by atoms with Crippen LogP contribution in [0.1, 0.15) is 66.3 Å². The van der Waals surface area contributed by atoms with Gasteiger partial charge in [-0.25, -0.2) is 4.98 Å². The molecule has 0 aliphatic carbocycles. The van der Waals surface area contributed by atoms with Gasteiger partial charge in [-0.15, -0.1) is 11.3 Å². The first-order valence-electron chi connectivity index (χ1n) is 10.5. The molecule has 0 spiro atoms. The average molecular weight is 462 g/mol. The molecule has 1 heterocycles. The van der Waals surface area contributed by atoms with Gasteiger partial charge in [-0.3, -0.25) is 4.79 Å². The summed E-state index contributed by atoms with van der Waals surface area (Å²) < 4.78 is 38.6. The van der Waals surface area contributed by atoms with Gasteiger partial charge < -0.3 is 5.11 Å². The molecule has 3 aromatic rings. The summed E-state index contributed by atoms with van der Waals surface area (Å²) >= 11 is 1.54. The smallest absolute Gasteiger partial charge is 0.416 e. The quantitative estimate of drug-likeness (QED) is 0.382. The molecule has 7 heteroatoms. The van der Waals surface area contributed by atoms with Gasteiger partial charge in [0.1, 0.15) is 5.01 Å². The van der Waals surface area contributed by atoms with E-state index in [1.165, 1.54) is 23.5 Å². The van der Waals surface area contributed by atoms with Crippen LogP contribution < -0.4 is 0 Å². The van der Waals surface area contributed by atoms with E-state index in [-0.39, 0.29) is 18.3 Å². The summed E-state index contributed by atoms with van der Waals surface area (Å²) in [6.07, 6.45) is -2.68. The first-order chi connectivity index (χ1) is 15.0. The zero-order chi connectivity index (χ0) is 23.5. The summed E-state index contributed by atoms with van der Waals surface area (Å²) in [5.74, 6) is -0.431. The van der Waals surface area contributed by atoms with Crippen LogP contribution in [0.5, 0.6) is 0 Å². The van der Waals surface area contributed by atoms with Crippen LogP contribution in [0, 0.1) is 0 Å². The van der Waals surface area contributed by atoms with Crippen LogP contribution >= 0.6 is 11.3 Å². The predicted molar refractivity (Wildman–Crippen MR) is 121 cm³/mol. The number of carbonyl (C=O) groups is 1. The number of aliphatic carboxylic acids is 1. The Labute approximate surface area is 190 Å². The fourth-order valence-corrected chi connectivity index (χ4v) is 4.93. The number of nitrogens with zero attached hydrogens (tertiary/aromatic N) is 1. The van der Waals surface area contributed by atoms with Gasteiger partial charge in [-0.1, -0.05) is 57.2 Å². The second-order valence-corrected chi connectivity index (χ2v) is 9.36. The highest BCUT2D eigenvalue weighted by atomic mass is 32.1. The number of alkyl halides is 3. The van der Waals surface area contributed by atoms with Crippen LogP contribution in [0.4, 0.5) is 13.2 Å². The highest BCUT2D eigenvalue weighted by Crippen LogP contribution is 2.39. The lowest BCUT2D eigenvalue weighted by molar-refractivity contribution is -0.138. The Balaban J connectivity index is 1.78. The second kappa shape index (κ2) is 9.86. The maximum atomic E-state index is 12.9. The van der Waals surface area contributed by atoms with Crippen molar-refractivity contribution in [1.82, 2.24) is 4.98 Å². The Morgan fingerprint density at radius 2 is 1.72 bits per heavy atom. The van der Waals surface area contributed by atoms with Crippen LogP contribution in [0.15, 0.2) is 48.5 Å². The first kappa shape index (κ1) is 24.0. The predicted octanol–water partition coefficient (Wildman–Crippen LogP) is 7.32. The van der Waals surface area contributed by atoms with E-state index in [0.717, 1.165) is 51.7 Å². The summed E-state index contributed by atoms with van der Waals surface area (Å²) in [7, 11) is 0. The minimum atomic E-state index is -4.36. The normalized spacial score (nSPS) is 12.8. The number of halogens is 3. The van der Waals surface area contributed by atoms with Gasteiger partial charge in [0, 0.05) is 10.4 Å². The van der Waals surface area contributed by atoms with Gasteiger partial charge >= 0.3 is 12.1 Å². The van der Waals surface area contributed by atoms with Crippen molar-refractivity contribution in [2.24, 2.45) is 0 Å². The number of thiazole rings is 1. The molecule has 2 aromatic carbocycles. The lowest BCUT2D eigenvalue weighted by Gasteiger charge is -2.13. The van der Waals surface area contributed by atoms with E-state index in [9.17, 15) is 18.0 Å². The van der Waals surface area contributed by atoms with Crippen molar-refractivity contribution < 1.29 is 23.1 Å². The number of rotatable bonds is 8. The van der Waals surface area contributed by atoms with E-state index >= 15 is 0 Å². The van der Waals surface area contributed by atoms with Crippen molar-refractivity contribution in [2.75, 3.05) is 0 Å². The van der Waals surface area contributed by atoms with Crippen molar-refractivity contribution in [1.29, 1.82) is 0 Å². The Morgan fingerprint density at radius 1 is 1.06 bits per heavy atom. The van der Waals surface area contributed by atoms with Crippen molar-refractivity contribution in [2.45, 2.75) is 58.0 Å². The third kappa shape index (κ3) is 5.97. The molecule has 3 nitrogen and oxygen atoms in total. The van der Waals surface area contributed by atoms with Gasteiger partial charge in [0.25, 0.3) is 0 Å². The van der Waals surface area contributed by atoms with Crippen molar-refractivity contribution >= 4 is 17.3 Å². The molecule has 1 N–H and O–H groups in total. The first-order valence-corrected chi connectivity index (χ1v) is 11.3. The van der Waals surface area contributed by atoms with Crippen LogP contribution in [0.2, 0.25) is 0 Å². The number of aromatic nitrogens is 1. The molecule has 32 heavy (non-hydrogen) atoms. The summed E-state index contributed by atoms with van der Waals surface area (Å²) in [5, 5.41) is 9.73. The summed E-state index contributed by atoms with van der Waals surface area (Å²) in [4.78, 5) is 16.9. The van der Waals surface area contributed by atoms with Gasteiger partial charge in [-0.05, 0) is 47.9 Å². The minimum absolute atomic E-state index is 0.00618. The van der Waals surface area contributed by atoms with Crippen LogP contribution in [-0.4, -0.2) is 16.1 Å². The van der Waals surface area contributed by atoms with Gasteiger partial charge in [0.15, 0.2) is 0 Å². The molecule has 0 saturated carbocycles. The number of hydrogen-bond donors (Lipinski definition) is 1. The summed E-state index contributed by atoms with van der Waals surface area (Å²) in [5.41, 5.74) is 2.88. The average Bonchev–Trinajstić information content (AvgIpc) is 3.17. The second-order valence-electron chi connectivity index (χ2n) is 8.33. The molecule has 0 fully saturated rings. The molecule has 1 atom stereocenters. The maximum absolute atomic E-state index is 12.9. The van der Waals surface area contributed by atoms with Crippen molar-refractivity contribution in [3.05, 3.63) is 75.8 Å². The molecule has 0 saturated heterocycles. The number of carboxylic acid groups (broad SMARTS) is 1. The molecular weight excluding hydrogens is 435 g/mol. The molecule has 3 rings (SSSR count). The van der Waals surface area contributed by atoms with E-state index in [4.69, 9.17) is 10.1 Å². The number of carboxylic acids is 1. The van der Waals surface area contributed by atoms with E-state index in [1.807, 2.05) is 24.3 Å². The lowest BCUT2D eigenvalue weighted by atomic mass is 9.95. The molecule has 1 aromatic heterocycles. The van der Waals surface area contributed by atoms with E-state index in [2.05, 4.69) is 20.8 Å². The van der Waals surface area contributed by atoms with Gasteiger partial charge in [0.05, 0.1) is 17.7 Å². The Hall–Kier alpha value is -2.67. The third-order valence-corrected chi connectivity index (χ3v) is 6.70. The van der Waals surface area contributed by atoms with E-state index in [1.54, 1.807) is 0 Å². The van der Waals surface area contributed by atoms with Gasteiger partial charge in [0.2, 0.25) is 0 Å². The topological polar surface area (TPSA) is 50.2 Å². The monoisotopic (exact) mass is 461 g/mol. The molecule has 0 amide bonds. The zero-order valence-corrected chi connectivity index (χ0v) is 19.1. The van der Waals surface area contributed by atoms with Gasteiger partial charge in [-0.2, -0.15) is 13.2 Å². The fraction of sp³-hybridized carbons (Fsp3) is 0.360. The lowest BCUT2D eigenvalue weighted by Crippen LogP contribution is -2.03. The number of aryl methyl sites for hydroxylation is 1. The zero-order valence-electron chi connectivity index (χ0n) is 18.2. The van der Waals surface area contributed by atoms with Crippen LogP contribution in [-0.2, 0) is 23.8 Å². The van der Waals surface area contributed by atoms with Crippen LogP contribution in [0.25, 0.3) is 10.6 Å². The molecule has 170 valence electrons. The highest BCUT2D eigenvalue weighted by Gasteiger charge is 2.30. The van der Waals surface area contributed by atoms with Crippen LogP contribution in [0.3, 0.4) is 0 Å².